The third kappa shape index (κ3) is 4.15. The van der Waals surface area contributed by atoms with Crippen molar-refractivity contribution in [2.24, 2.45) is 5.41 Å². The van der Waals surface area contributed by atoms with Gasteiger partial charge in [0.15, 0.2) is 0 Å². The van der Waals surface area contributed by atoms with E-state index in [-0.39, 0.29) is 0 Å². The predicted molar refractivity (Wildman–Crippen MR) is 80.0 cm³/mol. The first-order chi connectivity index (χ1) is 8.06. The van der Waals surface area contributed by atoms with Crippen LogP contribution in [0.25, 0.3) is 0 Å². The molecule has 1 fully saturated rings. The molecule has 3 heteroatoms. The van der Waals surface area contributed by atoms with Crippen LogP contribution in [0.5, 0.6) is 0 Å². The summed E-state index contributed by atoms with van der Waals surface area (Å²) in [4.78, 5) is 5.03. The number of hydrogen-bond donors (Lipinski definition) is 1. The fourth-order valence-corrected chi connectivity index (χ4v) is 3.39. The van der Waals surface area contributed by atoms with Gasteiger partial charge in [0.25, 0.3) is 0 Å². The number of piperidine rings is 1. The minimum absolute atomic E-state index is 0.418. The highest BCUT2D eigenvalue weighted by Gasteiger charge is 2.29. The first-order valence-electron chi connectivity index (χ1n) is 7.06. The SMILES string of the molecule is CCC(CC)(CS)CN(C)C1CCN(C)CC1. The van der Waals surface area contributed by atoms with E-state index in [0.29, 0.717) is 5.41 Å². The van der Waals surface area contributed by atoms with Gasteiger partial charge in [-0.3, -0.25) is 0 Å². The van der Waals surface area contributed by atoms with E-state index >= 15 is 0 Å². The molecule has 17 heavy (non-hydrogen) atoms. The minimum atomic E-state index is 0.418. The second kappa shape index (κ2) is 7.01. The van der Waals surface area contributed by atoms with Crippen LogP contribution in [0.4, 0.5) is 0 Å². The lowest BCUT2D eigenvalue weighted by molar-refractivity contribution is 0.0979. The Hall–Kier alpha value is 0.270. The lowest BCUT2D eigenvalue weighted by Gasteiger charge is -2.41. The molecule has 1 aliphatic rings. The van der Waals surface area contributed by atoms with Gasteiger partial charge in [0.2, 0.25) is 0 Å². The Morgan fingerprint density at radius 1 is 1.24 bits per heavy atom. The van der Waals surface area contributed by atoms with Crippen LogP contribution in [0.1, 0.15) is 39.5 Å². The molecular formula is C14H30N2S. The standard InChI is InChI=1S/C14H30N2S/c1-5-14(6-2,12-17)11-16(4)13-7-9-15(3)10-8-13/h13,17H,5-12H2,1-4H3. The molecule has 0 unspecified atom stereocenters. The lowest BCUT2D eigenvalue weighted by atomic mass is 9.83. The summed E-state index contributed by atoms with van der Waals surface area (Å²) >= 11 is 4.58. The molecule has 0 bridgehead atoms. The predicted octanol–water partition coefficient (Wildman–Crippen LogP) is 2.75. The summed E-state index contributed by atoms with van der Waals surface area (Å²) in [5.74, 6) is 1.01. The van der Waals surface area contributed by atoms with E-state index in [1.807, 2.05) is 0 Å². The monoisotopic (exact) mass is 258 g/mol. The number of likely N-dealkylation sites (tertiary alicyclic amines) is 1. The van der Waals surface area contributed by atoms with Crippen LogP contribution in [-0.2, 0) is 0 Å². The van der Waals surface area contributed by atoms with Gasteiger partial charge in [-0.05, 0) is 64.0 Å². The molecule has 0 spiro atoms. The van der Waals surface area contributed by atoms with E-state index in [0.717, 1.165) is 11.8 Å². The van der Waals surface area contributed by atoms with E-state index in [9.17, 15) is 0 Å². The molecule has 0 saturated carbocycles. The maximum atomic E-state index is 4.58. The Labute approximate surface area is 113 Å². The Morgan fingerprint density at radius 3 is 2.18 bits per heavy atom. The molecule has 0 aromatic heterocycles. The van der Waals surface area contributed by atoms with Gasteiger partial charge in [0, 0.05) is 12.6 Å². The summed E-state index contributed by atoms with van der Waals surface area (Å²) < 4.78 is 0. The van der Waals surface area contributed by atoms with Crippen molar-refractivity contribution in [3.05, 3.63) is 0 Å². The Kier molecular flexibility index (Phi) is 6.32. The van der Waals surface area contributed by atoms with E-state index in [1.165, 1.54) is 45.3 Å². The van der Waals surface area contributed by atoms with Crippen molar-refractivity contribution >= 4 is 12.6 Å². The number of hydrogen-bond acceptors (Lipinski definition) is 3. The van der Waals surface area contributed by atoms with Gasteiger partial charge in [-0.15, -0.1) is 0 Å². The van der Waals surface area contributed by atoms with Crippen LogP contribution >= 0.6 is 12.6 Å². The summed E-state index contributed by atoms with van der Waals surface area (Å²) in [7, 11) is 4.53. The molecular weight excluding hydrogens is 228 g/mol. The molecule has 1 aliphatic heterocycles. The highest BCUT2D eigenvalue weighted by atomic mass is 32.1. The summed E-state index contributed by atoms with van der Waals surface area (Å²) in [5, 5.41) is 0. The number of nitrogens with zero attached hydrogens (tertiary/aromatic N) is 2. The van der Waals surface area contributed by atoms with Crippen molar-refractivity contribution in [2.75, 3.05) is 39.5 Å². The molecule has 1 heterocycles. The minimum Gasteiger partial charge on any atom is -0.306 e. The zero-order valence-electron chi connectivity index (χ0n) is 12.1. The highest BCUT2D eigenvalue weighted by Crippen LogP contribution is 2.30. The van der Waals surface area contributed by atoms with Gasteiger partial charge in [-0.25, -0.2) is 0 Å². The van der Waals surface area contributed by atoms with Crippen molar-refractivity contribution in [3.63, 3.8) is 0 Å². The second-order valence-corrected chi connectivity index (χ2v) is 6.13. The van der Waals surface area contributed by atoms with Gasteiger partial charge < -0.3 is 9.80 Å². The molecule has 0 aliphatic carbocycles. The van der Waals surface area contributed by atoms with Crippen LogP contribution in [0.3, 0.4) is 0 Å². The van der Waals surface area contributed by atoms with Gasteiger partial charge in [0.1, 0.15) is 0 Å². The molecule has 0 atom stereocenters. The maximum Gasteiger partial charge on any atom is 0.0117 e. The summed E-state index contributed by atoms with van der Waals surface area (Å²) in [6, 6.07) is 0.781. The first-order valence-corrected chi connectivity index (χ1v) is 7.69. The van der Waals surface area contributed by atoms with Crippen LogP contribution in [-0.4, -0.2) is 55.3 Å². The van der Waals surface area contributed by atoms with E-state index in [4.69, 9.17) is 0 Å². The summed E-state index contributed by atoms with van der Waals surface area (Å²) in [5.41, 5.74) is 0.418. The Balaban J connectivity index is 2.49. The molecule has 2 nitrogen and oxygen atoms in total. The molecule has 0 aromatic rings. The molecule has 1 rings (SSSR count). The number of rotatable bonds is 6. The second-order valence-electron chi connectivity index (χ2n) is 5.81. The lowest BCUT2D eigenvalue weighted by Crippen LogP contribution is -2.46. The van der Waals surface area contributed by atoms with E-state index < -0.39 is 0 Å². The molecule has 1 saturated heterocycles. The molecule has 102 valence electrons. The normalized spacial score (nSPS) is 20.1. The quantitative estimate of drug-likeness (QED) is 0.732. The van der Waals surface area contributed by atoms with Crippen LogP contribution in [0.2, 0.25) is 0 Å². The Morgan fingerprint density at radius 2 is 1.76 bits per heavy atom. The molecule has 0 aromatic carbocycles. The van der Waals surface area contributed by atoms with Crippen molar-refractivity contribution in [1.82, 2.24) is 9.80 Å². The van der Waals surface area contributed by atoms with Crippen molar-refractivity contribution in [1.29, 1.82) is 0 Å². The Bertz CT molecular complexity index is 200. The molecule has 0 radical (unpaired) electrons. The summed E-state index contributed by atoms with van der Waals surface area (Å²) in [6.07, 6.45) is 5.13. The van der Waals surface area contributed by atoms with Crippen LogP contribution in [0, 0.1) is 5.41 Å². The fourth-order valence-electron chi connectivity index (χ4n) is 2.84. The van der Waals surface area contributed by atoms with Crippen LogP contribution < -0.4 is 0 Å². The fraction of sp³-hybridized carbons (Fsp3) is 1.00. The smallest absolute Gasteiger partial charge is 0.0117 e. The third-order valence-electron chi connectivity index (χ3n) is 4.73. The first kappa shape index (κ1) is 15.3. The number of thiol groups is 1. The van der Waals surface area contributed by atoms with Crippen molar-refractivity contribution in [3.8, 4) is 0 Å². The van der Waals surface area contributed by atoms with E-state index in [1.54, 1.807) is 0 Å². The topological polar surface area (TPSA) is 6.48 Å². The maximum absolute atomic E-state index is 4.58. The average molecular weight is 258 g/mol. The zero-order valence-corrected chi connectivity index (χ0v) is 13.0. The molecule has 0 N–H and O–H groups in total. The average Bonchev–Trinajstić information content (AvgIpc) is 2.37. The van der Waals surface area contributed by atoms with E-state index in [2.05, 4.69) is 50.4 Å². The highest BCUT2D eigenvalue weighted by molar-refractivity contribution is 7.80. The van der Waals surface area contributed by atoms with Crippen LogP contribution in [0.15, 0.2) is 0 Å². The third-order valence-corrected chi connectivity index (χ3v) is 5.40. The van der Waals surface area contributed by atoms with Crippen molar-refractivity contribution < 1.29 is 0 Å². The van der Waals surface area contributed by atoms with Gasteiger partial charge >= 0.3 is 0 Å². The van der Waals surface area contributed by atoms with Gasteiger partial charge in [-0.1, -0.05) is 13.8 Å². The van der Waals surface area contributed by atoms with Gasteiger partial charge in [-0.2, -0.15) is 12.6 Å². The zero-order chi connectivity index (χ0) is 12.9. The molecule has 0 amide bonds. The summed E-state index contributed by atoms with van der Waals surface area (Å²) in [6.45, 7) is 8.32. The largest absolute Gasteiger partial charge is 0.306 e. The van der Waals surface area contributed by atoms with Gasteiger partial charge in [0.05, 0.1) is 0 Å². The van der Waals surface area contributed by atoms with Crippen molar-refractivity contribution in [2.45, 2.75) is 45.6 Å².